The summed E-state index contributed by atoms with van der Waals surface area (Å²) in [5, 5.41) is 10.7. The third kappa shape index (κ3) is 11.2. The van der Waals surface area contributed by atoms with E-state index in [2.05, 4.69) is 27.7 Å². The quantitative estimate of drug-likeness (QED) is 0.292. The van der Waals surface area contributed by atoms with E-state index in [4.69, 9.17) is 0 Å². The Morgan fingerprint density at radius 1 is 0.833 bits per heavy atom. The first kappa shape index (κ1) is 26.8. The number of rotatable bonds is 15. The number of carbonyl (C=O) groups is 2. The molecule has 1 aliphatic rings. The van der Waals surface area contributed by atoms with Gasteiger partial charge in [-0.3, -0.25) is 9.59 Å². The highest BCUT2D eigenvalue weighted by Gasteiger charge is 2.24. The van der Waals surface area contributed by atoms with Gasteiger partial charge in [-0.1, -0.05) is 79.1 Å². The van der Waals surface area contributed by atoms with Crippen molar-refractivity contribution >= 4 is 11.6 Å². The largest absolute Gasteiger partial charge is 0.390 e. The van der Waals surface area contributed by atoms with E-state index in [9.17, 15) is 14.7 Å². The van der Waals surface area contributed by atoms with E-state index in [1.807, 2.05) is 6.92 Å². The van der Waals surface area contributed by atoms with Gasteiger partial charge in [0.1, 0.15) is 0 Å². The van der Waals surface area contributed by atoms with Gasteiger partial charge < -0.3 is 5.11 Å². The van der Waals surface area contributed by atoms with Crippen molar-refractivity contribution in [3.63, 3.8) is 0 Å². The molecule has 1 rings (SSSR count). The molecule has 3 nitrogen and oxygen atoms in total. The Bertz CT molecular complexity index is 610. The van der Waals surface area contributed by atoms with Gasteiger partial charge in [-0.05, 0) is 63.0 Å². The van der Waals surface area contributed by atoms with Gasteiger partial charge in [-0.2, -0.15) is 0 Å². The second-order valence-electron chi connectivity index (χ2n) is 10.6. The molecule has 0 spiro atoms. The molecule has 30 heavy (non-hydrogen) atoms. The molecule has 0 saturated heterocycles. The second kappa shape index (κ2) is 13.2. The number of aliphatic hydroxyl groups is 1. The first-order chi connectivity index (χ1) is 14.0. The molecule has 3 atom stereocenters. The summed E-state index contributed by atoms with van der Waals surface area (Å²) in [7, 11) is 0. The van der Waals surface area contributed by atoms with E-state index in [-0.39, 0.29) is 11.6 Å². The summed E-state index contributed by atoms with van der Waals surface area (Å²) in [4.78, 5) is 23.8. The number of carbonyl (C=O) groups excluding carboxylic acids is 2. The Balaban J connectivity index is 2.20. The fourth-order valence-corrected chi connectivity index (χ4v) is 4.34. The Morgan fingerprint density at radius 3 is 1.93 bits per heavy atom. The van der Waals surface area contributed by atoms with Crippen LogP contribution < -0.4 is 0 Å². The molecular weight excluding hydrogens is 372 g/mol. The van der Waals surface area contributed by atoms with Crippen LogP contribution >= 0.6 is 0 Å². The van der Waals surface area contributed by atoms with Crippen molar-refractivity contribution in [3.8, 4) is 0 Å². The van der Waals surface area contributed by atoms with E-state index >= 15 is 0 Å². The molecular formula is C27H46O3. The van der Waals surface area contributed by atoms with Gasteiger partial charge in [0.25, 0.3) is 0 Å². The molecule has 0 aliphatic heterocycles. The van der Waals surface area contributed by atoms with Crippen LogP contribution in [0.15, 0.2) is 23.3 Å². The van der Waals surface area contributed by atoms with Crippen LogP contribution in [0.2, 0.25) is 0 Å². The molecule has 0 fully saturated rings. The van der Waals surface area contributed by atoms with E-state index in [0.717, 1.165) is 31.1 Å². The van der Waals surface area contributed by atoms with Crippen LogP contribution in [0.25, 0.3) is 0 Å². The van der Waals surface area contributed by atoms with E-state index in [0.29, 0.717) is 29.9 Å². The minimum Gasteiger partial charge on any atom is -0.390 e. The molecule has 0 radical (unpaired) electrons. The van der Waals surface area contributed by atoms with Crippen molar-refractivity contribution in [3.05, 3.63) is 23.3 Å². The SMILES string of the molecule is CC1=CC(=O)C=C(CC[C@](C)(O)CCC[C@H](C)CCC[C@H](C)CCCC(C)C)C1=O. The first-order valence-electron chi connectivity index (χ1n) is 12.2. The minimum atomic E-state index is -0.788. The molecule has 0 aromatic rings. The molecule has 0 heterocycles. The lowest BCUT2D eigenvalue weighted by atomic mass is 9.86. The number of hydrogen-bond acceptors (Lipinski definition) is 3. The van der Waals surface area contributed by atoms with Gasteiger partial charge in [0.2, 0.25) is 0 Å². The minimum absolute atomic E-state index is 0.0579. The summed E-state index contributed by atoms with van der Waals surface area (Å²) < 4.78 is 0. The number of Topliss-reactive ketones (excluding diaryl/α,β-unsaturated/α-hetero) is 1. The summed E-state index contributed by atoms with van der Waals surface area (Å²) in [5.74, 6) is 2.16. The molecule has 0 unspecified atom stereocenters. The number of ketones is 2. The van der Waals surface area contributed by atoms with E-state index < -0.39 is 5.60 Å². The second-order valence-corrected chi connectivity index (χ2v) is 10.6. The fourth-order valence-electron chi connectivity index (χ4n) is 4.34. The number of hydrogen-bond donors (Lipinski definition) is 1. The molecule has 0 amide bonds. The number of allylic oxidation sites excluding steroid dienone is 4. The standard InChI is InChI=1S/C27H46O3/c1-20(2)10-7-11-21(3)12-8-13-22(4)14-9-16-27(6,30)17-15-24-19-25(28)18-23(5)26(24)29/h18-22,30H,7-17H2,1-6H3/t21-,22-,27-/m1/s1. The van der Waals surface area contributed by atoms with Crippen LogP contribution in [0.5, 0.6) is 0 Å². The smallest absolute Gasteiger partial charge is 0.184 e. The molecule has 1 N–H and O–H groups in total. The van der Waals surface area contributed by atoms with Gasteiger partial charge in [0, 0.05) is 11.1 Å². The monoisotopic (exact) mass is 418 g/mol. The molecule has 172 valence electrons. The molecule has 0 saturated carbocycles. The molecule has 3 heteroatoms. The maximum absolute atomic E-state index is 12.2. The van der Waals surface area contributed by atoms with Crippen molar-refractivity contribution in [2.75, 3.05) is 0 Å². The van der Waals surface area contributed by atoms with Crippen molar-refractivity contribution in [1.29, 1.82) is 0 Å². The Hall–Kier alpha value is -1.22. The Kier molecular flexibility index (Phi) is 11.8. The third-order valence-electron chi connectivity index (χ3n) is 6.54. The zero-order valence-electron chi connectivity index (χ0n) is 20.4. The van der Waals surface area contributed by atoms with Crippen molar-refractivity contribution in [2.24, 2.45) is 17.8 Å². The Morgan fingerprint density at radius 2 is 1.37 bits per heavy atom. The topological polar surface area (TPSA) is 54.4 Å². The zero-order chi connectivity index (χ0) is 22.7. The maximum Gasteiger partial charge on any atom is 0.184 e. The summed E-state index contributed by atoms with van der Waals surface area (Å²) in [6.45, 7) is 12.9. The van der Waals surface area contributed by atoms with Crippen molar-refractivity contribution in [1.82, 2.24) is 0 Å². The zero-order valence-corrected chi connectivity index (χ0v) is 20.4. The average molecular weight is 419 g/mol. The highest BCUT2D eigenvalue weighted by atomic mass is 16.3. The maximum atomic E-state index is 12.2. The average Bonchev–Trinajstić information content (AvgIpc) is 2.63. The van der Waals surface area contributed by atoms with Gasteiger partial charge in [0.05, 0.1) is 5.60 Å². The normalized spacial score (nSPS) is 18.8. The molecule has 0 aromatic carbocycles. The lowest BCUT2D eigenvalue weighted by Crippen LogP contribution is -2.25. The van der Waals surface area contributed by atoms with Crippen molar-refractivity contribution < 1.29 is 14.7 Å². The fraction of sp³-hybridized carbons (Fsp3) is 0.778. The van der Waals surface area contributed by atoms with Gasteiger partial charge in [-0.15, -0.1) is 0 Å². The molecule has 0 bridgehead atoms. The van der Waals surface area contributed by atoms with E-state index in [1.54, 1.807) is 6.92 Å². The third-order valence-corrected chi connectivity index (χ3v) is 6.54. The lowest BCUT2D eigenvalue weighted by Gasteiger charge is -2.25. The van der Waals surface area contributed by atoms with Crippen LogP contribution in [0.3, 0.4) is 0 Å². The van der Waals surface area contributed by atoms with Crippen LogP contribution in [0.1, 0.15) is 112 Å². The summed E-state index contributed by atoms with van der Waals surface area (Å²) >= 11 is 0. The van der Waals surface area contributed by atoms with Gasteiger partial charge >= 0.3 is 0 Å². The predicted molar refractivity (Wildman–Crippen MR) is 126 cm³/mol. The lowest BCUT2D eigenvalue weighted by molar-refractivity contribution is -0.115. The van der Waals surface area contributed by atoms with Crippen LogP contribution in [0, 0.1) is 17.8 Å². The predicted octanol–water partition coefficient (Wildman–Crippen LogP) is 6.98. The highest BCUT2D eigenvalue weighted by Crippen LogP contribution is 2.27. The Labute approximate surface area is 185 Å². The summed E-state index contributed by atoms with van der Waals surface area (Å²) in [5.41, 5.74) is 0.250. The van der Waals surface area contributed by atoms with Gasteiger partial charge in [-0.25, -0.2) is 0 Å². The van der Waals surface area contributed by atoms with Crippen LogP contribution in [-0.2, 0) is 9.59 Å². The summed E-state index contributed by atoms with van der Waals surface area (Å²) in [6, 6.07) is 0. The molecule has 0 aromatic heterocycles. The first-order valence-corrected chi connectivity index (χ1v) is 12.2. The van der Waals surface area contributed by atoms with Crippen LogP contribution in [-0.4, -0.2) is 22.3 Å². The summed E-state index contributed by atoms with van der Waals surface area (Å²) in [6.07, 6.45) is 14.6. The molecule has 1 aliphatic carbocycles. The van der Waals surface area contributed by atoms with Crippen LogP contribution in [0.4, 0.5) is 0 Å². The van der Waals surface area contributed by atoms with Gasteiger partial charge in [0.15, 0.2) is 11.6 Å². The van der Waals surface area contributed by atoms with E-state index in [1.165, 1.54) is 50.7 Å². The van der Waals surface area contributed by atoms with Crippen molar-refractivity contribution in [2.45, 2.75) is 118 Å². The highest BCUT2D eigenvalue weighted by molar-refractivity contribution is 6.19.